The number of ether oxygens (including phenoxy) is 1. The van der Waals surface area contributed by atoms with Crippen molar-refractivity contribution in [2.24, 2.45) is 0 Å². The molecular formula is C25H27N7O. The van der Waals surface area contributed by atoms with Crippen LogP contribution in [0.25, 0.3) is 22.5 Å². The lowest BCUT2D eigenvalue weighted by molar-refractivity contribution is 0.313. The first-order valence-corrected chi connectivity index (χ1v) is 11.0. The van der Waals surface area contributed by atoms with Crippen LogP contribution in [0.3, 0.4) is 0 Å². The van der Waals surface area contributed by atoms with Crippen LogP contribution in [0.15, 0.2) is 67.0 Å². The molecule has 0 spiro atoms. The molecule has 33 heavy (non-hydrogen) atoms. The van der Waals surface area contributed by atoms with E-state index in [0.717, 1.165) is 60.1 Å². The van der Waals surface area contributed by atoms with Gasteiger partial charge in [-0.15, -0.1) is 0 Å². The van der Waals surface area contributed by atoms with Crippen LogP contribution < -0.4 is 15.0 Å². The first-order chi connectivity index (χ1) is 16.2. The summed E-state index contributed by atoms with van der Waals surface area (Å²) in [7, 11) is 3.83. The molecule has 168 valence electrons. The summed E-state index contributed by atoms with van der Waals surface area (Å²) < 4.78 is 5.26. The van der Waals surface area contributed by atoms with Gasteiger partial charge in [0.15, 0.2) is 0 Å². The summed E-state index contributed by atoms with van der Waals surface area (Å²) in [4.78, 5) is 13.9. The highest BCUT2D eigenvalue weighted by atomic mass is 16.5. The fourth-order valence-electron chi connectivity index (χ4n) is 3.98. The van der Waals surface area contributed by atoms with Gasteiger partial charge in [-0.3, -0.25) is 5.10 Å². The highest BCUT2D eigenvalue weighted by molar-refractivity contribution is 5.79. The number of hydrogen-bond acceptors (Lipinski definition) is 7. The second kappa shape index (κ2) is 9.30. The first-order valence-electron chi connectivity index (χ1n) is 11.0. The molecule has 1 saturated heterocycles. The van der Waals surface area contributed by atoms with E-state index in [1.165, 1.54) is 5.69 Å². The quantitative estimate of drug-likeness (QED) is 0.467. The average molecular weight is 442 g/mol. The number of nitrogens with zero attached hydrogens (tertiary/aromatic N) is 5. The van der Waals surface area contributed by atoms with Gasteiger partial charge in [-0.05, 0) is 61.6 Å². The predicted molar refractivity (Wildman–Crippen MR) is 131 cm³/mol. The van der Waals surface area contributed by atoms with E-state index in [0.29, 0.717) is 5.95 Å². The SMILES string of the molecule is COc1ccc(-c2[nH]ncc2-c2ccnc(Nc3ccc(N4CCN(C)CC4)cc3)n2)cc1. The average Bonchev–Trinajstić information content (AvgIpc) is 3.35. The number of aromatic nitrogens is 4. The number of hydrogen-bond donors (Lipinski definition) is 2. The number of likely N-dealkylation sites (N-methyl/N-ethyl adjacent to an activating group) is 1. The topological polar surface area (TPSA) is 82.2 Å². The Hall–Kier alpha value is -3.91. The molecule has 1 aliphatic heterocycles. The second-order valence-corrected chi connectivity index (χ2v) is 8.11. The molecule has 1 fully saturated rings. The number of anilines is 3. The summed E-state index contributed by atoms with van der Waals surface area (Å²) in [6, 6.07) is 18.2. The van der Waals surface area contributed by atoms with Gasteiger partial charge in [-0.1, -0.05) is 0 Å². The Balaban J connectivity index is 1.33. The lowest BCUT2D eigenvalue weighted by atomic mass is 10.1. The highest BCUT2D eigenvalue weighted by Crippen LogP contribution is 2.30. The molecule has 0 radical (unpaired) electrons. The van der Waals surface area contributed by atoms with E-state index in [1.807, 2.05) is 30.3 Å². The van der Waals surface area contributed by atoms with Gasteiger partial charge in [0.05, 0.1) is 24.7 Å². The summed E-state index contributed by atoms with van der Waals surface area (Å²) in [6.45, 7) is 4.28. The van der Waals surface area contributed by atoms with Crippen molar-refractivity contribution < 1.29 is 4.74 Å². The zero-order valence-corrected chi connectivity index (χ0v) is 18.8. The van der Waals surface area contributed by atoms with Crippen molar-refractivity contribution in [3.63, 3.8) is 0 Å². The van der Waals surface area contributed by atoms with E-state index in [4.69, 9.17) is 9.72 Å². The van der Waals surface area contributed by atoms with Crippen molar-refractivity contribution in [1.82, 2.24) is 25.1 Å². The number of aromatic amines is 1. The zero-order valence-electron chi connectivity index (χ0n) is 18.8. The Labute approximate surface area is 193 Å². The molecule has 0 aliphatic carbocycles. The van der Waals surface area contributed by atoms with Crippen LogP contribution in [0.4, 0.5) is 17.3 Å². The lowest BCUT2D eigenvalue weighted by Crippen LogP contribution is -2.44. The number of benzene rings is 2. The molecule has 2 N–H and O–H groups in total. The van der Waals surface area contributed by atoms with Crippen molar-refractivity contribution in [2.45, 2.75) is 0 Å². The molecule has 2 aromatic carbocycles. The Morgan fingerprint density at radius 2 is 1.70 bits per heavy atom. The molecule has 8 nitrogen and oxygen atoms in total. The standard InChI is InChI=1S/C25H27N7O/c1-31-13-15-32(16-14-31)20-7-5-19(6-8-20)28-25-26-12-11-23(29-25)22-17-27-30-24(22)18-3-9-21(33-2)10-4-18/h3-12,17H,13-16H2,1-2H3,(H,27,30)(H,26,28,29). The molecule has 0 atom stereocenters. The number of methoxy groups -OCH3 is 1. The van der Waals surface area contributed by atoms with Crippen LogP contribution in [0.2, 0.25) is 0 Å². The van der Waals surface area contributed by atoms with Gasteiger partial charge >= 0.3 is 0 Å². The normalized spacial score (nSPS) is 14.3. The Morgan fingerprint density at radius 1 is 0.939 bits per heavy atom. The second-order valence-electron chi connectivity index (χ2n) is 8.11. The molecule has 8 heteroatoms. The molecular weight excluding hydrogens is 414 g/mol. The van der Waals surface area contributed by atoms with Crippen LogP contribution >= 0.6 is 0 Å². The maximum absolute atomic E-state index is 5.26. The van der Waals surface area contributed by atoms with Crippen LogP contribution in [0, 0.1) is 0 Å². The van der Waals surface area contributed by atoms with E-state index < -0.39 is 0 Å². The minimum absolute atomic E-state index is 0.543. The van der Waals surface area contributed by atoms with Crippen molar-refractivity contribution in [3.05, 3.63) is 67.0 Å². The third-order valence-electron chi connectivity index (χ3n) is 5.94. The van der Waals surface area contributed by atoms with E-state index in [2.05, 4.69) is 61.6 Å². The molecule has 2 aromatic heterocycles. The van der Waals surface area contributed by atoms with Gasteiger partial charge in [-0.25, -0.2) is 9.97 Å². The lowest BCUT2D eigenvalue weighted by Gasteiger charge is -2.34. The van der Waals surface area contributed by atoms with Crippen molar-refractivity contribution in [1.29, 1.82) is 0 Å². The molecule has 0 amide bonds. The highest BCUT2D eigenvalue weighted by Gasteiger charge is 2.15. The van der Waals surface area contributed by atoms with Crippen LogP contribution in [0.1, 0.15) is 0 Å². The zero-order chi connectivity index (χ0) is 22.6. The molecule has 0 bridgehead atoms. The maximum Gasteiger partial charge on any atom is 0.227 e. The first kappa shape index (κ1) is 21.0. The predicted octanol–water partition coefficient (Wildman–Crippen LogP) is 4.04. The minimum Gasteiger partial charge on any atom is -0.497 e. The monoisotopic (exact) mass is 441 g/mol. The fraction of sp³-hybridized carbons (Fsp3) is 0.240. The molecule has 0 unspecified atom stereocenters. The van der Waals surface area contributed by atoms with Crippen LogP contribution in [0.5, 0.6) is 5.75 Å². The minimum atomic E-state index is 0.543. The van der Waals surface area contributed by atoms with Gasteiger partial charge in [0.25, 0.3) is 0 Å². The summed E-state index contributed by atoms with van der Waals surface area (Å²) >= 11 is 0. The Kier molecular flexibility index (Phi) is 5.91. The van der Waals surface area contributed by atoms with E-state index in [-0.39, 0.29) is 0 Å². The smallest absolute Gasteiger partial charge is 0.227 e. The third kappa shape index (κ3) is 4.65. The maximum atomic E-state index is 5.26. The number of rotatable bonds is 6. The molecule has 1 aliphatic rings. The van der Waals surface area contributed by atoms with Crippen LogP contribution in [-0.4, -0.2) is 65.4 Å². The Bertz CT molecular complexity index is 1200. The summed E-state index contributed by atoms with van der Waals surface area (Å²) in [6.07, 6.45) is 3.55. The van der Waals surface area contributed by atoms with E-state index >= 15 is 0 Å². The fourth-order valence-corrected chi connectivity index (χ4v) is 3.98. The van der Waals surface area contributed by atoms with Gasteiger partial charge < -0.3 is 19.9 Å². The Morgan fingerprint density at radius 3 is 2.42 bits per heavy atom. The van der Waals surface area contributed by atoms with Gasteiger partial charge in [-0.2, -0.15) is 5.10 Å². The van der Waals surface area contributed by atoms with E-state index in [9.17, 15) is 0 Å². The molecule has 4 aromatic rings. The number of piperazine rings is 1. The van der Waals surface area contributed by atoms with Crippen LogP contribution in [-0.2, 0) is 0 Å². The van der Waals surface area contributed by atoms with Gasteiger partial charge in [0.1, 0.15) is 5.75 Å². The van der Waals surface area contributed by atoms with Gasteiger partial charge in [0, 0.05) is 54.9 Å². The van der Waals surface area contributed by atoms with Crippen molar-refractivity contribution in [2.75, 3.05) is 50.6 Å². The summed E-state index contributed by atoms with van der Waals surface area (Å²) in [5, 5.41) is 10.7. The van der Waals surface area contributed by atoms with Gasteiger partial charge in [0.2, 0.25) is 5.95 Å². The van der Waals surface area contributed by atoms with Crippen molar-refractivity contribution in [3.8, 4) is 28.3 Å². The summed E-state index contributed by atoms with van der Waals surface area (Å²) in [5.74, 6) is 1.36. The van der Waals surface area contributed by atoms with Crippen molar-refractivity contribution >= 4 is 17.3 Å². The van der Waals surface area contributed by atoms with E-state index in [1.54, 1.807) is 19.5 Å². The largest absolute Gasteiger partial charge is 0.497 e. The summed E-state index contributed by atoms with van der Waals surface area (Å²) in [5.41, 5.74) is 5.81. The third-order valence-corrected chi connectivity index (χ3v) is 5.94. The number of H-pyrrole nitrogens is 1. The number of nitrogens with one attached hydrogen (secondary N) is 2. The molecule has 5 rings (SSSR count). The molecule has 0 saturated carbocycles. The molecule has 3 heterocycles.